The number of fused-ring (bicyclic) bond motifs is 3. The van der Waals surface area contributed by atoms with Crippen LogP contribution in [0.1, 0.15) is 51.1 Å². The fourth-order valence-electron chi connectivity index (χ4n) is 5.44. The molecule has 0 bridgehead atoms. The van der Waals surface area contributed by atoms with Crippen LogP contribution >= 0.6 is 10.7 Å². The van der Waals surface area contributed by atoms with E-state index in [1.54, 1.807) is 24.5 Å². The lowest BCUT2D eigenvalue weighted by molar-refractivity contribution is 0.416. The van der Waals surface area contributed by atoms with Crippen LogP contribution in [0.25, 0.3) is 22.1 Å². The Balaban J connectivity index is 1.38. The molecule has 1 aromatic carbocycles. The Kier molecular flexibility index (Phi) is 5.62. The second-order valence-corrected chi connectivity index (χ2v) is 13.9. The summed E-state index contributed by atoms with van der Waals surface area (Å²) in [6, 6.07) is 9.58. The zero-order valence-electron chi connectivity index (χ0n) is 20.3. The number of nitrogens with zero attached hydrogens (tertiary/aromatic N) is 4. The number of rotatable bonds is 6. The summed E-state index contributed by atoms with van der Waals surface area (Å²) in [6.07, 6.45) is 10.1. The highest BCUT2D eigenvalue weighted by molar-refractivity contribution is 8.14. The Bertz CT molecular complexity index is 1550. The van der Waals surface area contributed by atoms with Crippen molar-refractivity contribution < 1.29 is 8.42 Å². The van der Waals surface area contributed by atoms with Gasteiger partial charge in [0.1, 0.15) is 5.52 Å². The van der Waals surface area contributed by atoms with Gasteiger partial charge in [-0.05, 0) is 69.0 Å². The van der Waals surface area contributed by atoms with Crippen LogP contribution in [-0.4, -0.2) is 43.6 Å². The van der Waals surface area contributed by atoms with E-state index < -0.39 is 10.0 Å². The average molecular weight is 510 g/mol. The Hall–Kier alpha value is -2.49. The van der Waals surface area contributed by atoms with E-state index in [1.807, 2.05) is 31.5 Å². The molecule has 0 spiro atoms. The molecular formula is C26H31N5O2S2. The summed E-state index contributed by atoms with van der Waals surface area (Å²) in [5.74, 6) is 0.494. The van der Waals surface area contributed by atoms with Crippen LogP contribution in [0, 0.1) is 12.8 Å². The molecule has 0 amide bonds. The van der Waals surface area contributed by atoms with Gasteiger partial charge >= 0.3 is 0 Å². The van der Waals surface area contributed by atoms with E-state index in [9.17, 15) is 8.42 Å². The number of aryl methyl sites for hydroxylation is 1. The van der Waals surface area contributed by atoms with Crippen LogP contribution in [0.3, 0.4) is 0 Å². The second-order valence-electron chi connectivity index (χ2n) is 9.95. The maximum Gasteiger partial charge on any atom is 0.269 e. The summed E-state index contributed by atoms with van der Waals surface area (Å²) >= 11 is 0. The van der Waals surface area contributed by atoms with E-state index >= 15 is 0 Å². The number of hydrogen-bond donors (Lipinski definition) is 1. The van der Waals surface area contributed by atoms with Gasteiger partial charge in [0.2, 0.25) is 0 Å². The van der Waals surface area contributed by atoms with Crippen molar-refractivity contribution in [3.05, 3.63) is 54.6 Å². The number of aromatic nitrogens is 4. The molecule has 0 radical (unpaired) electrons. The van der Waals surface area contributed by atoms with E-state index in [2.05, 4.69) is 38.5 Å². The highest BCUT2D eigenvalue weighted by Gasteiger charge is 2.36. The van der Waals surface area contributed by atoms with E-state index in [-0.39, 0.29) is 15.6 Å². The monoisotopic (exact) mass is 509 g/mol. The first-order valence-electron chi connectivity index (χ1n) is 12.3. The molecule has 4 aromatic rings. The maximum absolute atomic E-state index is 13.4. The normalized spacial score (nSPS) is 24.0. The lowest BCUT2D eigenvalue weighted by Crippen LogP contribution is -2.23. The van der Waals surface area contributed by atoms with E-state index in [0.29, 0.717) is 23.6 Å². The van der Waals surface area contributed by atoms with Crippen LogP contribution in [0.2, 0.25) is 0 Å². The van der Waals surface area contributed by atoms with Crippen LogP contribution in [0.5, 0.6) is 0 Å². The number of imidazole rings is 1. The first kappa shape index (κ1) is 22.9. The van der Waals surface area contributed by atoms with E-state index in [0.717, 1.165) is 40.1 Å². The molecule has 2 fully saturated rings. The molecule has 2 aliphatic rings. The van der Waals surface area contributed by atoms with Crippen molar-refractivity contribution in [1.82, 2.24) is 23.2 Å². The smallest absolute Gasteiger partial charge is 0.269 e. The van der Waals surface area contributed by atoms with Gasteiger partial charge in [-0.2, -0.15) is 0 Å². The quantitative estimate of drug-likeness (QED) is 0.369. The molecule has 184 valence electrons. The van der Waals surface area contributed by atoms with Crippen LogP contribution in [0.4, 0.5) is 0 Å². The summed E-state index contributed by atoms with van der Waals surface area (Å²) < 4.78 is 34.3. The zero-order valence-corrected chi connectivity index (χ0v) is 21.9. The van der Waals surface area contributed by atoms with Crippen LogP contribution in [0.15, 0.2) is 53.9 Å². The third kappa shape index (κ3) is 3.93. The molecule has 9 heteroatoms. The topological polar surface area (TPSA) is 81.8 Å². The van der Waals surface area contributed by atoms with Gasteiger partial charge in [-0.25, -0.2) is 22.4 Å². The minimum atomic E-state index is -3.75. The molecule has 7 nitrogen and oxygen atoms in total. The second kappa shape index (κ2) is 8.57. The lowest BCUT2D eigenvalue weighted by Gasteiger charge is -2.19. The van der Waals surface area contributed by atoms with Gasteiger partial charge in [0.25, 0.3) is 10.0 Å². The lowest BCUT2D eigenvalue weighted by atomic mass is 10.1. The Morgan fingerprint density at radius 3 is 2.60 bits per heavy atom. The summed E-state index contributed by atoms with van der Waals surface area (Å²) in [5, 5.41) is 3.98. The Labute approximate surface area is 208 Å². The molecule has 2 saturated carbocycles. The van der Waals surface area contributed by atoms with Gasteiger partial charge in [-0.15, -0.1) is 10.7 Å². The van der Waals surface area contributed by atoms with Crippen molar-refractivity contribution in [2.45, 2.75) is 68.7 Å². The first-order valence-corrected chi connectivity index (χ1v) is 15.1. The summed E-state index contributed by atoms with van der Waals surface area (Å²) in [6.45, 7) is 6.43. The molecule has 4 unspecified atom stereocenters. The SMILES string of the molecule is C/C=S(/NC1CC(C)C(n2cnc3cnc4c(ccn4S(=O)(=O)c4ccc(C)cc4)c32)C1)C1CC1. The highest BCUT2D eigenvalue weighted by atomic mass is 32.2. The summed E-state index contributed by atoms with van der Waals surface area (Å²) in [4.78, 5) is 9.42. The van der Waals surface area contributed by atoms with Crippen molar-refractivity contribution in [3.8, 4) is 0 Å². The maximum atomic E-state index is 13.4. The minimum absolute atomic E-state index is 0.206. The molecule has 2 aliphatic carbocycles. The largest absolute Gasteiger partial charge is 0.326 e. The fraction of sp³-hybridized carbons (Fsp3) is 0.423. The van der Waals surface area contributed by atoms with Crippen molar-refractivity contribution in [1.29, 1.82) is 0 Å². The van der Waals surface area contributed by atoms with E-state index in [1.165, 1.54) is 16.8 Å². The van der Waals surface area contributed by atoms with Gasteiger partial charge in [0.15, 0.2) is 5.65 Å². The predicted molar refractivity (Wildman–Crippen MR) is 143 cm³/mol. The molecular weight excluding hydrogens is 478 g/mol. The van der Waals surface area contributed by atoms with Gasteiger partial charge in [-0.3, -0.25) is 4.72 Å². The van der Waals surface area contributed by atoms with Gasteiger partial charge in [0, 0.05) is 28.9 Å². The summed E-state index contributed by atoms with van der Waals surface area (Å²) in [7, 11) is -3.54. The van der Waals surface area contributed by atoms with Gasteiger partial charge in [0.05, 0.1) is 22.9 Å². The standard InChI is InChI=1S/C26H31N5O2S2/c1-4-34(20-7-8-20)29-19-13-18(3)24(14-19)30-16-28-23-15-27-26-22(25(23)30)11-12-31(26)35(32,33)21-9-5-17(2)6-10-21/h4-6,9-12,15-16,18-20,24,29H,7-8,13-14H2,1-3H3. The minimum Gasteiger partial charge on any atom is -0.326 e. The van der Waals surface area contributed by atoms with Crippen LogP contribution in [-0.2, 0) is 10.0 Å². The van der Waals surface area contributed by atoms with Crippen molar-refractivity contribution >= 4 is 48.1 Å². The first-order chi connectivity index (χ1) is 16.9. The van der Waals surface area contributed by atoms with Crippen molar-refractivity contribution in [2.75, 3.05) is 0 Å². The Morgan fingerprint density at radius 2 is 1.89 bits per heavy atom. The zero-order chi connectivity index (χ0) is 24.3. The average Bonchev–Trinajstić information content (AvgIpc) is 3.27. The van der Waals surface area contributed by atoms with Gasteiger partial charge < -0.3 is 4.57 Å². The molecule has 0 saturated heterocycles. The fourth-order valence-corrected chi connectivity index (χ4v) is 8.67. The third-order valence-electron chi connectivity index (χ3n) is 7.43. The van der Waals surface area contributed by atoms with Crippen molar-refractivity contribution in [3.63, 3.8) is 0 Å². The number of pyridine rings is 1. The summed E-state index contributed by atoms with van der Waals surface area (Å²) in [5.41, 5.74) is 3.22. The van der Waals surface area contributed by atoms with E-state index in [4.69, 9.17) is 0 Å². The molecule has 0 aliphatic heterocycles. The van der Waals surface area contributed by atoms with Crippen LogP contribution < -0.4 is 4.72 Å². The number of nitrogens with one attached hydrogen (secondary N) is 1. The number of hydrogen-bond acceptors (Lipinski definition) is 5. The third-order valence-corrected chi connectivity index (χ3v) is 11.4. The number of benzene rings is 1. The van der Waals surface area contributed by atoms with Gasteiger partial charge in [-0.1, -0.05) is 24.6 Å². The molecule has 35 heavy (non-hydrogen) atoms. The molecule has 3 heterocycles. The Morgan fingerprint density at radius 1 is 1.11 bits per heavy atom. The molecule has 4 atom stereocenters. The molecule has 3 aromatic heterocycles. The predicted octanol–water partition coefficient (Wildman–Crippen LogP) is 5.03. The molecule has 1 N–H and O–H groups in total. The van der Waals surface area contributed by atoms with Crippen molar-refractivity contribution in [2.24, 2.45) is 5.92 Å². The highest BCUT2D eigenvalue weighted by Crippen LogP contribution is 2.43. The molecule has 6 rings (SSSR count).